The smallest absolute Gasteiger partial charge is 0.315 e. The Balaban J connectivity index is 2.26. The summed E-state index contributed by atoms with van der Waals surface area (Å²) in [6.45, 7) is 0.306. The number of halogens is 2. The Morgan fingerprint density at radius 2 is 2.00 bits per heavy atom. The van der Waals surface area contributed by atoms with Crippen molar-refractivity contribution >= 4 is 35.1 Å². The zero-order valence-electron chi connectivity index (χ0n) is 14.8. The third-order valence-electron chi connectivity index (χ3n) is 3.87. The summed E-state index contributed by atoms with van der Waals surface area (Å²) >= 11 is 0. The summed E-state index contributed by atoms with van der Waals surface area (Å²) in [6, 6.07) is 0.987. The van der Waals surface area contributed by atoms with Crippen molar-refractivity contribution < 1.29 is 32.7 Å². The number of primary amides is 1. The number of amides is 5. The normalized spacial score (nSPS) is 15.1. The van der Waals surface area contributed by atoms with Gasteiger partial charge in [0, 0.05) is 30.5 Å². The van der Waals surface area contributed by atoms with Crippen molar-refractivity contribution in [3.63, 3.8) is 0 Å². The highest BCUT2D eigenvalue weighted by atomic mass is 19.3. The van der Waals surface area contributed by atoms with E-state index in [1.54, 1.807) is 0 Å². The van der Waals surface area contributed by atoms with E-state index >= 15 is 0 Å². The van der Waals surface area contributed by atoms with Crippen molar-refractivity contribution in [3.05, 3.63) is 23.8 Å². The maximum absolute atomic E-state index is 13.5. The highest BCUT2D eigenvalue weighted by molar-refractivity contribution is 6.11. The molecular weight excluding hydrogens is 380 g/mol. The molecule has 1 fully saturated rings. The van der Waals surface area contributed by atoms with Crippen molar-refractivity contribution in [3.8, 4) is 0 Å². The second kappa shape index (κ2) is 9.08. The number of carbonyl (C=O) groups excluding carboxylic acids is 4. The van der Waals surface area contributed by atoms with E-state index in [4.69, 9.17) is 10.5 Å². The molecule has 1 saturated heterocycles. The van der Waals surface area contributed by atoms with E-state index < -0.39 is 35.9 Å². The lowest BCUT2D eigenvalue weighted by molar-refractivity contribution is -0.128. The summed E-state index contributed by atoms with van der Waals surface area (Å²) < 4.78 is 32.0. The highest BCUT2D eigenvalue weighted by Gasteiger charge is 2.28. The first-order chi connectivity index (χ1) is 13.2. The molecule has 1 aliphatic rings. The van der Waals surface area contributed by atoms with Gasteiger partial charge in [-0.3, -0.25) is 14.4 Å². The quantitative estimate of drug-likeness (QED) is 0.486. The summed E-state index contributed by atoms with van der Waals surface area (Å²) in [6.07, 6.45) is -2.98. The number of nitrogens with two attached hydrogens (primary N) is 1. The first kappa shape index (κ1) is 21.0. The lowest BCUT2D eigenvalue weighted by atomic mass is 10.1. The number of hydrogen-bond donors (Lipinski definition) is 4. The highest BCUT2D eigenvalue weighted by Crippen LogP contribution is 2.31. The molecule has 152 valence electrons. The number of hydrogen-bond acceptors (Lipinski definition) is 5. The van der Waals surface area contributed by atoms with E-state index in [1.165, 1.54) is 24.1 Å². The molecule has 10 nitrogen and oxygen atoms in total. The number of rotatable bonds is 6. The van der Waals surface area contributed by atoms with Crippen LogP contribution in [0.2, 0.25) is 0 Å². The molecule has 2 rings (SSSR count). The van der Waals surface area contributed by atoms with Crippen molar-refractivity contribution in [2.45, 2.75) is 12.5 Å². The van der Waals surface area contributed by atoms with E-state index in [1.807, 2.05) is 5.32 Å². The average Bonchev–Trinajstić information content (AvgIpc) is 2.66. The van der Waals surface area contributed by atoms with Gasteiger partial charge in [0.15, 0.2) is 6.04 Å². The first-order valence-corrected chi connectivity index (χ1v) is 8.13. The van der Waals surface area contributed by atoms with Crippen molar-refractivity contribution in [1.82, 2.24) is 10.6 Å². The SMILES string of the molecule is CNC(=O)N[C@@H](C(N)=O)C(=O)Nc1ccc(N2CCOCC2=O)cc1C(F)F. The summed E-state index contributed by atoms with van der Waals surface area (Å²) in [4.78, 5) is 48.2. The molecule has 0 radical (unpaired) electrons. The van der Waals surface area contributed by atoms with E-state index in [0.717, 1.165) is 6.07 Å². The van der Waals surface area contributed by atoms with Crippen LogP contribution in [0.3, 0.4) is 0 Å². The monoisotopic (exact) mass is 399 g/mol. The topological polar surface area (TPSA) is 143 Å². The maximum Gasteiger partial charge on any atom is 0.315 e. The number of nitrogens with one attached hydrogen (secondary N) is 3. The Labute approximate surface area is 158 Å². The molecule has 0 saturated carbocycles. The van der Waals surface area contributed by atoms with Gasteiger partial charge in [0.2, 0.25) is 5.91 Å². The van der Waals surface area contributed by atoms with Crippen LogP contribution in [0.15, 0.2) is 18.2 Å². The fourth-order valence-electron chi connectivity index (χ4n) is 2.48. The summed E-state index contributed by atoms with van der Waals surface area (Å²) in [5.41, 5.74) is 4.46. The second-order valence-corrected chi connectivity index (χ2v) is 5.72. The minimum absolute atomic E-state index is 0.159. The molecule has 28 heavy (non-hydrogen) atoms. The van der Waals surface area contributed by atoms with Crippen molar-refractivity contribution in [1.29, 1.82) is 0 Å². The Bertz CT molecular complexity index is 789. The number of anilines is 2. The van der Waals surface area contributed by atoms with Crippen LogP contribution in [0.5, 0.6) is 0 Å². The van der Waals surface area contributed by atoms with Gasteiger partial charge in [-0.1, -0.05) is 0 Å². The zero-order valence-corrected chi connectivity index (χ0v) is 14.8. The number of carbonyl (C=O) groups is 4. The van der Waals surface area contributed by atoms with Crippen LogP contribution in [0.25, 0.3) is 0 Å². The van der Waals surface area contributed by atoms with Gasteiger partial charge in [-0.2, -0.15) is 0 Å². The Morgan fingerprint density at radius 3 is 2.57 bits per heavy atom. The van der Waals surface area contributed by atoms with Gasteiger partial charge in [0.05, 0.1) is 6.61 Å². The lowest BCUT2D eigenvalue weighted by Gasteiger charge is -2.27. The molecule has 5 N–H and O–H groups in total. The first-order valence-electron chi connectivity index (χ1n) is 8.13. The molecule has 1 aromatic carbocycles. The van der Waals surface area contributed by atoms with Crippen molar-refractivity contribution in [2.24, 2.45) is 5.73 Å². The van der Waals surface area contributed by atoms with Crippen LogP contribution in [-0.4, -0.2) is 56.6 Å². The van der Waals surface area contributed by atoms with Crippen LogP contribution in [0, 0.1) is 0 Å². The molecule has 5 amide bonds. The largest absolute Gasteiger partial charge is 0.370 e. The third kappa shape index (κ3) is 4.91. The minimum atomic E-state index is -2.98. The van der Waals surface area contributed by atoms with E-state index in [-0.39, 0.29) is 37.0 Å². The van der Waals surface area contributed by atoms with Gasteiger partial charge in [0.25, 0.3) is 18.2 Å². The van der Waals surface area contributed by atoms with E-state index in [0.29, 0.717) is 0 Å². The standard InChI is InChI=1S/C16H19F2N5O5/c1-20-16(27)22-12(14(19)25)15(26)21-10-3-2-8(6-9(10)13(17)18)23-4-5-28-7-11(23)24/h2-3,6,12-13H,4-5,7H2,1H3,(H2,19,25)(H,21,26)(H2,20,22,27)/t12-/m0/s1. The van der Waals surface area contributed by atoms with E-state index in [2.05, 4.69) is 10.6 Å². The third-order valence-corrected chi connectivity index (χ3v) is 3.87. The number of alkyl halides is 2. The molecule has 1 aliphatic heterocycles. The fraction of sp³-hybridized carbons (Fsp3) is 0.375. The fourth-order valence-corrected chi connectivity index (χ4v) is 2.48. The Hall–Kier alpha value is -3.28. The number of urea groups is 1. The molecule has 0 unspecified atom stereocenters. The Kier molecular flexibility index (Phi) is 6.82. The van der Waals surface area contributed by atoms with E-state index in [9.17, 15) is 28.0 Å². The minimum Gasteiger partial charge on any atom is -0.370 e. The summed E-state index contributed by atoms with van der Waals surface area (Å²) in [5.74, 6) is -2.64. The molecule has 0 spiro atoms. The van der Waals surface area contributed by atoms with Crippen LogP contribution < -0.4 is 26.6 Å². The maximum atomic E-state index is 13.5. The van der Waals surface area contributed by atoms with Gasteiger partial charge in [-0.25, -0.2) is 13.6 Å². The molecule has 0 aliphatic carbocycles. The van der Waals surface area contributed by atoms with Gasteiger partial charge >= 0.3 is 6.03 Å². The molecule has 1 aromatic rings. The predicted molar refractivity (Wildman–Crippen MR) is 93.8 cm³/mol. The molecular formula is C16H19F2N5O5. The predicted octanol–water partition coefficient (Wildman–Crippen LogP) is -0.291. The average molecular weight is 399 g/mol. The molecule has 12 heteroatoms. The Morgan fingerprint density at radius 1 is 1.29 bits per heavy atom. The zero-order chi connectivity index (χ0) is 20.8. The molecule has 1 atom stereocenters. The summed E-state index contributed by atoms with van der Waals surface area (Å²) in [5, 5.41) is 6.31. The van der Waals surface area contributed by atoms with Crippen LogP contribution in [-0.2, 0) is 19.1 Å². The number of morpholine rings is 1. The second-order valence-electron chi connectivity index (χ2n) is 5.72. The van der Waals surface area contributed by atoms with Gasteiger partial charge in [-0.15, -0.1) is 0 Å². The summed E-state index contributed by atoms with van der Waals surface area (Å²) in [7, 11) is 1.26. The van der Waals surface area contributed by atoms with Gasteiger partial charge in [-0.05, 0) is 18.2 Å². The molecule has 0 aromatic heterocycles. The number of benzene rings is 1. The van der Waals surface area contributed by atoms with Crippen molar-refractivity contribution in [2.75, 3.05) is 37.0 Å². The van der Waals surface area contributed by atoms with Gasteiger partial charge in [0.1, 0.15) is 6.61 Å². The van der Waals surface area contributed by atoms with Crippen LogP contribution in [0.1, 0.15) is 12.0 Å². The van der Waals surface area contributed by atoms with Gasteiger partial charge < -0.3 is 31.3 Å². The lowest BCUT2D eigenvalue weighted by Crippen LogP contribution is -2.54. The number of nitrogens with zero attached hydrogens (tertiary/aromatic N) is 1. The number of ether oxygens (including phenoxy) is 1. The molecule has 0 bridgehead atoms. The van der Waals surface area contributed by atoms with Crippen LogP contribution in [0.4, 0.5) is 25.0 Å². The van der Waals surface area contributed by atoms with Crippen LogP contribution >= 0.6 is 0 Å². The molecule has 1 heterocycles.